The average molecular weight is 296 g/mol. The molecule has 1 nitrogen and oxygen atoms in total. The first-order valence-corrected chi connectivity index (χ1v) is 5.29. The highest BCUT2D eigenvalue weighted by atomic mass is 35.6. The Labute approximate surface area is 108 Å². The van der Waals surface area contributed by atoms with Gasteiger partial charge in [0.1, 0.15) is 0 Å². The highest BCUT2D eigenvalue weighted by Crippen LogP contribution is 2.51. The van der Waals surface area contributed by atoms with E-state index in [0.29, 0.717) is 6.29 Å². The van der Waals surface area contributed by atoms with Crippen LogP contribution >= 0.6 is 58.0 Å². The maximum atomic E-state index is 10.3. The summed E-state index contributed by atoms with van der Waals surface area (Å²) in [6, 6.07) is 0. The molecule has 0 heterocycles. The van der Waals surface area contributed by atoms with Crippen LogP contribution < -0.4 is 0 Å². The van der Waals surface area contributed by atoms with E-state index in [1.165, 1.54) is 13.0 Å². The van der Waals surface area contributed by atoms with Crippen molar-refractivity contribution in [1.82, 2.24) is 0 Å². The van der Waals surface area contributed by atoms with E-state index in [1.807, 2.05) is 0 Å². The molecule has 0 rings (SSSR count). The molecular formula is C8H7Cl5O. The maximum Gasteiger partial charge on any atom is 0.204 e. The lowest BCUT2D eigenvalue weighted by Gasteiger charge is -2.32. The molecule has 0 N–H and O–H groups in total. The maximum absolute atomic E-state index is 10.3. The zero-order valence-corrected chi connectivity index (χ0v) is 10.9. The first-order valence-electron chi connectivity index (χ1n) is 3.40. The zero-order chi connectivity index (χ0) is 11.6. The van der Waals surface area contributed by atoms with Gasteiger partial charge < -0.3 is 0 Å². The number of carbonyl (C=O) groups is 1. The minimum absolute atomic E-state index is 0.0810. The van der Waals surface area contributed by atoms with Gasteiger partial charge in [-0.1, -0.05) is 64.6 Å². The summed E-state index contributed by atoms with van der Waals surface area (Å²) >= 11 is 28.3. The molecule has 0 amide bonds. The number of allylic oxidation sites excluding steroid dienone is 3. The van der Waals surface area contributed by atoms with Gasteiger partial charge in [0.2, 0.25) is 3.79 Å². The molecule has 0 spiro atoms. The third-order valence-electron chi connectivity index (χ3n) is 1.69. The molecule has 0 aliphatic heterocycles. The number of carbonyl (C=O) groups excluding carboxylic acids is 1. The fourth-order valence-corrected chi connectivity index (χ4v) is 1.69. The van der Waals surface area contributed by atoms with Crippen LogP contribution in [-0.4, -0.2) is 10.1 Å². The Kier molecular flexibility index (Phi) is 5.31. The molecule has 0 saturated heterocycles. The molecule has 0 bridgehead atoms. The van der Waals surface area contributed by atoms with Crippen molar-refractivity contribution in [2.24, 2.45) is 5.41 Å². The van der Waals surface area contributed by atoms with E-state index in [1.54, 1.807) is 0 Å². The van der Waals surface area contributed by atoms with Crippen LogP contribution in [0.2, 0.25) is 0 Å². The van der Waals surface area contributed by atoms with Gasteiger partial charge in [0, 0.05) is 5.03 Å². The second-order valence-electron chi connectivity index (χ2n) is 2.75. The molecule has 1 unspecified atom stereocenters. The largest absolute Gasteiger partial charge is 0.297 e. The Hall–Kier alpha value is 0.600. The standard InChI is InChI=1S/C8H7Cl5O/c1-5(9)7(2,8(11,12)13)3-6(10)4-14/h3-4H,1H2,2H3. The van der Waals surface area contributed by atoms with Crippen molar-refractivity contribution in [3.63, 3.8) is 0 Å². The smallest absolute Gasteiger partial charge is 0.204 e. The fraction of sp³-hybridized carbons (Fsp3) is 0.375. The molecule has 0 aromatic rings. The van der Waals surface area contributed by atoms with Crippen molar-refractivity contribution >= 4 is 64.3 Å². The molecule has 0 aromatic carbocycles. The van der Waals surface area contributed by atoms with Crippen LogP contribution in [-0.2, 0) is 4.79 Å². The second-order valence-corrected chi connectivity index (χ2v) is 5.93. The van der Waals surface area contributed by atoms with Crippen molar-refractivity contribution in [2.75, 3.05) is 0 Å². The van der Waals surface area contributed by atoms with Gasteiger partial charge >= 0.3 is 0 Å². The summed E-state index contributed by atoms with van der Waals surface area (Å²) < 4.78 is -1.73. The molecule has 6 heteroatoms. The summed E-state index contributed by atoms with van der Waals surface area (Å²) in [6.45, 7) is 4.99. The molecule has 0 aliphatic carbocycles. The Morgan fingerprint density at radius 3 is 1.93 bits per heavy atom. The third kappa shape index (κ3) is 3.32. The minimum atomic E-state index is -1.73. The predicted octanol–water partition coefficient (Wildman–Crippen LogP) is 4.44. The van der Waals surface area contributed by atoms with E-state index >= 15 is 0 Å². The number of aldehydes is 1. The van der Waals surface area contributed by atoms with Gasteiger partial charge in [0.15, 0.2) is 6.29 Å². The van der Waals surface area contributed by atoms with Gasteiger partial charge in [-0.15, -0.1) is 0 Å². The normalized spacial score (nSPS) is 17.4. The molecule has 0 fully saturated rings. The van der Waals surface area contributed by atoms with Crippen LogP contribution in [0.3, 0.4) is 0 Å². The van der Waals surface area contributed by atoms with Crippen LogP contribution in [0.4, 0.5) is 0 Å². The summed E-state index contributed by atoms with van der Waals surface area (Å²) in [6.07, 6.45) is 1.68. The van der Waals surface area contributed by atoms with Gasteiger partial charge in [0.05, 0.1) is 10.4 Å². The van der Waals surface area contributed by atoms with Crippen LogP contribution in [0.15, 0.2) is 22.7 Å². The zero-order valence-electron chi connectivity index (χ0n) is 7.16. The van der Waals surface area contributed by atoms with Crippen molar-refractivity contribution in [1.29, 1.82) is 0 Å². The lowest BCUT2D eigenvalue weighted by molar-refractivity contribution is -0.104. The monoisotopic (exact) mass is 294 g/mol. The van der Waals surface area contributed by atoms with E-state index in [4.69, 9.17) is 58.0 Å². The Bertz CT molecular complexity index is 278. The molecule has 80 valence electrons. The second kappa shape index (κ2) is 5.09. The molecule has 14 heavy (non-hydrogen) atoms. The summed E-state index contributed by atoms with van der Waals surface area (Å²) in [5.74, 6) is 0. The van der Waals surface area contributed by atoms with Crippen LogP contribution in [0, 0.1) is 5.41 Å². The molecule has 0 saturated carbocycles. The molecule has 0 aromatic heterocycles. The van der Waals surface area contributed by atoms with Crippen LogP contribution in [0.5, 0.6) is 0 Å². The SMILES string of the molecule is C=C(Cl)C(C)(C=C(Cl)C=O)C(Cl)(Cl)Cl. The first-order chi connectivity index (χ1) is 6.15. The van der Waals surface area contributed by atoms with Crippen LogP contribution in [0.25, 0.3) is 0 Å². The number of halogens is 5. The highest BCUT2D eigenvalue weighted by Gasteiger charge is 2.45. The van der Waals surface area contributed by atoms with Crippen molar-refractivity contribution < 1.29 is 4.79 Å². The van der Waals surface area contributed by atoms with E-state index in [9.17, 15) is 4.79 Å². The van der Waals surface area contributed by atoms with Gasteiger partial charge in [-0.05, 0) is 13.0 Å². The van der Waals surface area contributed by atoms with E-state index in [0.717, 1.165) is 0 Å². The fourth-order valence-electron chi connectivity index (χ4n) is 0.624. The van der Waals surface area contributed by atoms with E-state index in [-0.39, 0.29) is 10.1 Å². The van der Waals surface area contributed by atoms with Gasteiger partial charge in [-0.25, -0.2) is 0 Å². The van der Waals surface area contributed by atoms with E-state index in [2.05, 4.69) is 6.58 Å². The lowest BCUT2D eigenvalue weighted by atomic mass is 9.92. The number of hydrogen-bond acceptors (Lipinski definition) is 1. The topological polar surface area (TPSA) is 17.1 Å². The van der Waals surface area contributed by atoms with Gasteiger partial charge in [-0.2, -0.15) is 0 Å². The van der Waals surface area contributed by atoms with Crippen molar-refractivity contribution in [3.8, 4) is 0 Å². The number of hydrogen-bond donors (Lipinski definition) is 0. The Morgan fingerprint density at radius 1 is 1.29 bits per heavy atom. The quantitative estimate of drug-likeness (QED) is 0.427. The summed E-state index contributed by atoms with van der Waals surface area (Å²) in [4.78, 5) is 10.3. The molecule has 1 atom stereocenters. The number of rotatable bonds is 3. The highest BCUT2D eigenvalue weighted by molar-refractivity contribution is 6.68. The van der Waals surface area contributed by atoms with Crippen LogP contribution in [0.1, 0.15) is 6.92 Å². The van der Waals surface area contributed by atoms with Crippen molar-refractivity contribution in [2.45, 2.75) is 10.7 Å². The van der Waals surface area contributed by atoms with Crippen molar-refractivity contribution in [3.05, 3.63) is 22.7 Å². The molecule has 0 aliphatic rings. The predicted molar refractivity (Wildman–Crippen MR) is 63.4 cm³/mol. The van der Waals surface area contributed by atoms with Gasteiger partial charge in [-0.3, -0.25) is 4.79 Å². The Morgan fingerprint density at radius 2 is 1.71 bits per heavy atom. The lowest BCUT2D eigenvalue weighted by Crippen LogP contribution is -2.30. The van der Waals surface area contributed by atoms with Gasteiger partial charge in [0.25, 0.3) is 0 Å². The van der Waals surface area contributed by atoms with E-state index < -0.39 is 9.21 Å². The molecular weight excluding hydrogens is 289 g/mol. The molecule has 0 radical (unpaired) electrons. The average Bonchev–Trinajstić information content (AvgIpc) is 2.01. The first kappa shape index (κ1) is 14.6. The third-order valence-corrected chi connectivity index (χ3v) is 3.46. The minimum Gasteiger partial charge on any atom is -0.297 e. The summed E-state index contributed by atoms with van der Waals surface area (Å²) in [5.41, 5.74) is -1.20. The Balaban J connectivity index is 5.34. The summed E-state index contributed by atoms with van der Waals surface area (Å²) in [5, 5.41) is -0.0156. The summed E-state index contributed by atoms with van der Waals surface area (Å²) in [7, 11) is 0. The number of alkyl halides is 3.